The molecule has 76 valence electrons. The van der Waals surface area contributed by atoms with Crippen LogP contribution in [-0.4, -0.2) is 24.8 Å². The maximum Gasteiger partial charge on any atom is 0.125 e. The number of ether oxygens (including phenoxy) is 1. The molecule has 0 aromatic heterocycles. The van der Waals surface area contributed by atoms with Crippen molar-refractivity contribution in [3.05, 3.63) is 29.8 Å². The Kier molecular flexibility index (Phi) is 2.70. The van der Waals surface area contributed by atoms with E-state index in [4.69, 9.17) is 4.74 Å². The Balaban J connectivity index is 2.26. The van der Waals surface area contributed by atoms with E-state index in [2.05, 4.69) is 5.32 Å². The van der Waals surface area contributed by atoms with Crippen LogP contribution < -0.4 is 10.1 Å². The molecule has 2 rings (SSSR count). The van der Waals surface area contributed by atoms with Crippen molar-refractivity contribution in [2.24, 2.45) is 0 Å². The second kappa shape index (κ2) is 3.98. The Morgan fingerprint density at radius 2 is 2.21 bits per heavy atom. The van der Waals surface area contributed by atoms with Crippen LogP contribution in [0.15, 0.2) is 24.3 Å². The van der Waals surface area contributed by atoms with Gasteiger partial charge in [0.15, 0.2) is 0 Å². The van der Waals surface area contributed by atoms with E-state index in [1.165, 1.54) is 0 Å². The molecule has 0 aliphatic carbocycles. The van der Waals surface area contributed by atoms with Crippen molar-refractivity contribution in [1.82, 2.24) is 5.32 Å². The summed E-state index contributed by atoms with van der Waals surface area (Å²) in [4.78, 5) is 0. The molecule has 0 saturated carbocycles. The second-order valence-corrected chi connectivity index (χ2v) is 3.59. The van der Waals surface area contributed by atoms with E-state index in [9.17, 15) is 5.11 Å². The highest BCUT2D eigenvalue weighted by Crippen LogP contribution is 2.30. The minimum Gasteiger partial charge on any atom is -0.492 e. The smallest absolute Gasteiger partial charge is 0.125 e. The summed E-state index contributed by atoms with van der Waals surface area (Å²) in [6.07, 6.45) is 0.277. The first-order chi connectivity index (χ1) is 6.81. The number of likely N-dealkylation sites (N-methyl/N-ethyl adjacent to an activating group) is 1. The molecule has 3 heteroatoms. The Hall–Kier alpha value is -1.06. The van der Waals surface area contributed by atoms with Crippen molar-refractivity contribution in [1.29, 1.82) is 0 Å². The molecular weight excluding hydrogens is 178 g/mol. The van der Waals surface area contributed by atoms with Crippen LogP contribution in [0.2, 0.25) is 0 Å². The van der Waals surface area contributed by atoms with Gasteiger partial charge in [-0.25, -0.2) is 0 Å². The van der Waals surface area contributed by atoms with Gasteiger partial charge >= 0.3 is 0 Å². The van der Waals surface area contributed by atoms with E-state index in [0.29, 0.717) is 13.0 Å². The first kappa shape index (κ1) is 9.49. The monoisotopic (exact) mass is 193 g/mol. The number of aliphatic hydroxyl groups excluding tert-OH is 1. The van der Waals surface area contributed by atoms with Crippen LogP contribution in [0.4, 0.5) is 0 Å². The lowest BCUT2D eigenvalue weighted by Crippen LogP contribution is -2.31. The molecule has 3 nitrogen and oxygen atoms in total. The van der Waals surface area contributed by atoms with Crippen molar-refractivity contribution >= 4 is 0 Å². The fourth-order valence-corrected chi connectivity index (χ4v) is 1.74. The number of fused-ring (bicyclic) bond motifs is 1. The lowest BCUT2D eigenvalue weighted by atomic mass is 10.0. The standard InChI is InChI=1S/C11H15NO2/c1-12-8-6-10(13)9-4-2-3-5-11(9)14-7-8/h2-5,8,10,12-13H,6-7H2,1H3. The molecule has 0 bridgehead atoms. The van der Waals surface area contributed by atoms with Gasteiger partial charge in [0.05, 0.1) is 6.10 Å². The van der Waals surface area contributed by atoms with Crippen LogP contribution in [0.25, 0.3) is 0 Å². The van der Waals surface area contributed by atoms with Crippen LogP contribution in [0.1, 0.15) is 18.1 Å². The van der Waals surface area contributed by atoms with Crippen molar-refractivity contribution in [2.75, 3.05) is 13.7 Å². The molecule has 1 aliphatic rings. The lowest BCUT2D eigenvalue weighted by molar-refractivity contribution is 0.153. The molecule has 14 heavy (non-hydrogen) atoms. The third kappa shape index (κ3) is 1.74. The molecule has 0 fully saturated rings. The third-order valence-electron chi connectivity index (χ3n) is 2.63. The van der Waals surface area contributed by atoms with Gasteiger partial charge in [0, 0.05) is 11.6 Å². The predicted molar refractivity (Wildman–Crippen MR) is 54.4 cm³/mol. The van der Waals surface area contributed by atoms with Crippen LogP contribution in [-0.2, 0) is 0 Å². The molecule has 1 aromatic rings. The molecule has 0 amide bonds. The van der Waals surface area contributed by atoms with Crippen LogP contribution in [0.3, 0.4) is 0 Å². The summed E-state index contributed by atoms with van der Waals surface area (Å²) in [6.45, 7) is 0.616. The molecule has 0 radical (unpaired) electrons. The first-order valence-corrected chi connectivity index (χ1v) is 4.88. The van der Waals surface area contributed by atoms with Crippen molar-refractivity contribution in [3.8, 4) is 5.75 Å². The number of nitrogens with one attached hydrogen (secondary N) is 1. The highest BCUT2D eigenvalue weighted by Gasteiger charge is 2.22. The minimum absolute atomic E-state index is 0.220. The Morgan fingerprint density at radius 3 is 3.00 bits per heavy atom. The zero-order valence-corrected chi connectivity index (χ0v) is 8.23. The van der Waals surface area contributed by atoms with E-state index >= 15 is 0 Å². The zero-order chi connectivity index (χ0) is 9.97. The molecule has 0 saturated heterocycles. The SMILES string of the molecule is CNC1COc2ccccc2C(O)C1. The van der Waals surface area contributed by atoms with Gasteiger partial charge in [-0.05, 0) is 19.5 Å². The van der Waals surface area contributed by atoms with E-state index in [0.717, 1.165) is 11.3 Å². The molecule has 1 aromatic carbocycles. The van der Waals surface area contributed by atoms with Gasteiger partial charge in [-0.15, -0.1) is 0 Å². The molecule has 2 atom stereocenters. The number of rotatable bonds is 1. The first-order valence-electron chi connectivity index (χ1n) is 4.88. The summed E-state index contributed by atoms with van der Waals surface area (Å²) in [6, 6.07) is 7.88. The normalized spacial score (nSPS) is 26.1. The van der Waals surface area contributed by atoms with Gasteiger partial charge in [0.1, 0.15) is 12.4 Å². The van der Waals surface area contributed by atoms with E-state index in [-0.39, 0.29) is 6.04 Å². The average Bonchev–Trinajstić information content (AvgIpc) is 2.39. The van der Waals surface area contributed by atoms with E-state index < -0.39 is 6.10 Å². The number of hydrogen-bond donors (Lipinski definition) is 2. The van der Waals surface area contributed by atoms with Gasteiger partial charge in [-0.3, -0.25) is 0 Å². The maximum absolute atomic E-state index is 9.92. The summed E-state index contributed by atoms with van der Waals surface area (Å²) in [5, 5.41) is 13.0. The molecule has 1 heterocycles. The fraction of sp³-hybridized carbons (Fsp3) is 0.455. The zero-order valence-electron chi connectivity index (χ0n) is 8.23. The Morgan fingerprint density at radius 1 is 1.43 bits per heavy atom. The number of aliphatic hydroxyl groups is 1. The van der Waals surface area contributed by atoms with E-state index in [1.54, 1.807) is 0 Å². The van der Waals surface area contributed by atoms with Gasteiger partial charge in [-0.1, -0.05) is 18.2 Å². The largest absolute Gasteiger partial charge is 0.492 e. The van der Waals surface area contributed by atoms with Gasteiger partial charge in [0.25, 0.3) is 0 Å². The summed E-state index contributed by atoms with van der Waals surface area (Å²) < 4.78 is 5.60. The molecule has 1 aliphatic heterocycles. The fourth-order valence-electron chi connectivity index (χ4n) is 1.74. The molecule has 2 N–H and O–H groups in total. The number of hydrogen-bond acceptors (Lipinski definition) is 3. The van der Waals surface area contributed by atoms with Crippen molar-refractivity contribution in [3.63, 3.8) is 0 Å². The summed E-state index contributed by atoms with van der Waals surface area (Å²) in [7, 11) is 1.89. The summed E-state index contributed by atoms with van der Waals surface area (Å²) in [5.41, 5.74) is 0.894. The predicted octanol–water partition coefficient (Wildman–Crippen LogP) is 1.09. The van der Waals surface area contributed by atoms with Crippen molar-refractivity contribution in [2.45, 2.75) is 18.6 Å². The lowest BCUT2D eigenvalue weighted by Gasteiger charge is -2.14. The molecule has 0 spiro atoms. The minimum atomic E-state index is -0.425. The Bertz CT molecular complexity index is 314. The topological polar surface area (TPSA) is 41.5 Å². The summed E-state index contributed by atoms with van der Waals surface area (Å²) in [5.74, 6) is 0.803. The van der Waals surface area contributed by atoms with Gasteiger partial charge in [0.2, 0.25) is 0 Å². The van der Waals surface area contributed by atoms with Gasteiger partial charge in [-0.2, -0.15) is 0 Å². The molecule has 2 unspecified atom stereocenters. The van der Waals surface area contributed by atoms with Crippen LogP contribution in [0, 0.1) is 0 Å². The number of benzene rings is 1. The molecular formula is C11H15NO2. The van der Waals surface area contributed by atoms with Crippen LogP contribution >= 0.6 is 0 Å². The quantitative estimate of drug-likeness (QED) is 0.701. The Labute approximate surface area is 83.7 Å². The maximum atomic E-state index is 9.92. The number of para-hydroxylation sites is 1. The second-order valence-electron chi connectivity index (χ2n) is 3.59. The third-order valence-corrected chi connectivity index (χ3v) is 2.63. The van der Waals surface area contributed by atoms with E-state index in [1.807, 2.05) is 31.3 Å². The van der Waals surface area contributed by atoms with Crippen molar-refractivity contribution < 1.29 is 9.84 Å². The van der Waals surface area contributed by atoms with Gasteiger partial charge < -0.3 is 15.2 Å². The summed E-state index contributed by atoms with van der Waals surface area (Å²) >= 11 is 0. The average molecular weight is 193 g/mol. The highest BCUT2D eigenvalue weighted by molar-refractivity contribution is 5.35. The van der Waals surface area contributed by atoms with Crippen LogP contribution in [0.5, 0.6) is 5.75 Å². The highest BCUT2D eigenvalue weighted by atomic mass is 16.5.